The maximum atomic E-state index is 12.3. The van der Waals surface area contributed by atoms with Crippen molar-refractivity contribution in [1.82, 2.24) is 19.7 Å². The van der Waals surface area contributed by atoms with Crippen LogP contribution in [0.25, 0.3) is 16.7 Å². The molecule has 1 N–H and O–H groups in total. The van der Waals surface area contributed by atoms with Gasteiger partial charge in [0.15, 0.2) is 11.4 Å². The van der Waals surface area contributed by atoms with E-state index in [9.17, 15) is 9.59 Å². The summed E-state index contributed by atoms with van der Waals surface area (Å²) in [6.07, 6.45) is 3.13. The summed E-state index contributed by atoms with van der Waals surface area (Å²) in [5, 5.41) is 9.23. The summed E-state index contributed by atoms with van der Waals surface area (Å²) in [4.78, 5) is 32.3. The Morgan fingerprint density at radius 1 is 1.13 bits per heavy atom. The molecule has 0 aliphatic rings. The Balaban J connectivity index is 1.48. The molecule has 4 aromatic rings. The average molecular weight is 438 g/mol. The van der Waals surface area contributed by atoms with E-state index in [1.54, 1.807) is 47.3 Å². The monoisotopic (exact) mass is 437 g/mol. The SMILES string of the molecule is CC(=O)c1ccc(NC(=O)CSc2ncnc3c2cnn3-c2cccc(Cl)c2)cc1. The van der Waals surface area contributed by atoms with Gasteiger partial charge in [-0.1, -0.05) is 29.4 Å². The highest BCUT2D eigenvalue weighted by molar-refractivity contribution is 8.00. The number of ketones is 1. The number of hydrogen-bond acceptors (Lipinski definition) is 6. The molecule has 2 heterocycles. The number of Topliss-reactive ketones (excluding diaryl/α,β-unsaturated/α-hetero) is 1. The van der Waals surface area contributed by atoms with E-state index in [4.69, 9.17) is 11.6 Å². The van der Waals surface area contributed by atoms with E-state index in [0.717, 1.165) is 11.1 Å². The zero-order valence-corrected chi connectivity index (χ0v) is 17.4. The molecule has 9 heteroatoms. The number of nitrogens with zero attached hydrogens (tertiary/aromatic N) is 4. The van der Waals surface area contributed by atoms with Crippen molar-refractivity contribution in [3.8, 4) is 5.69 Å². The van der Waals surface area contributed by atoms with Gasteiger partial charge in [-0.15, -0.1) is 0 Å². The van der Waals surface area contributed by atoms with Gasteiger partial charge in [-0.3, -0.25) is 9.59 Å². The molecule has 2 aromatic carbocycles. The number of fused-ring (bicyclic) bond motifs is 1. The summed E-state index contributed by atoms with van der Waals surface area (Å²) in [7, 11) is 0. The van der Waals surface area contributed by atoms with Crippen molar-refractivity contribution in [2.75, 3.05) is 11.1 Å². The molecule has 2 aromatic heterocycles. The van der Waals surface area contributed by atoms with Gasteiger partial charge < -0.3 is 5.32 Å². The molecule has 30 heavy (non-hydrogen) atoms. The lowest BCUT2D eigenvalue weighted by Crippen LogP contribution is -2.14. The third kappa shape index (κ3) is 4.34. The second-order valence-corrected chi connectivity index (χ2v) is 7.82. The van der Waals surface area contributed by atoms with Gasteiger partial charge in [0.2, 0.25) is 5.91 Å². The first-order valence-corrected chi connectivity index (χ1v) is 10.4. The number of carbonyl (C=O) groups is 2. The van der Waals surface area contributed by atoms with Crippen LogP contribution in [0, 0.1) is 0 Å². The van der Waals surface area contributed by atoms with Gasteiger partial charge in [0.25, 0.3) is 0 Å². The Kier molecular flexibility index (Phi) is 5.78. The number of carbonyl (C=O) groups excluding carboxylic acids is 2. The van der Waals surface area contributed by atoms with E-state index < -0.39 is 0 Å². The van der Waals surface area contributed by atoms with Crippen molar-refractivity contribution < 1.29 is 9.59 Å². The zero-order valence-electron chi connectivity index (χ0n) is 15.9. The van der Waals surface area contributed by atoms with E-state index in [-0.39, 0.29) is 17.4 Å². The molecular weight excluding hydrogens is 422 g/mol. The van der Waals surface area contributed by atoms with Crippen molar-refractivity contribution in [3.05, 3.63) is 71.6 Å². The molecule has 0 radical (unpaired) electrons. The van der Waals surface area contributed by atoms with Crippen LogP contribution in [-0.2, 0) is 4.79 Å². The van der Waals surface area contributed by atoms with E-state index in [2.05, 4.69) is 20.4 Å². The number of aromatic nitrogens is 4. The quantitative estimate of drug-likeness (QED) is 0.273. The number of nitrogens with one attached hydrogen (secondary N) is 1. The Labute approximate surface area is 181 Å². The maximum Gasteiger partial charge on any atom is 0.234 e. The van der Waals surface area contributed by atoms with Crippen LogP contribution >= 0.6 is 23.4 Å². The molecule has 0 aliphatic carbocycles. The predicted molar refractivity (Wildman–Crippen MR) is 117 cm³/mol. The largest absolute Gasteiger partial charge is 0.325 e. The van der Waals surface area contributed by atoms with Crippen molar-refractivity contribution in [1.29, 1.82) is 0 Å². The fourth-order valence-corrected chi connectivity index (χ4v) is 3.80. The molecule has 0 aliphatic heterocycles. The molecule has 0 unspecified atom stereocenters. The Morgan fingerprint density at radius 3 is 2.67 bits per heavy atom. The van der Waals surface area contributed by atoms with Gasteiger partial charge in [-0.2, -0.15) is 5.10 Å². The van der Waals surface area contributed by atoms with E-state index >= 15 is 0 Å². The Bertz CT molecular complexity index is 1240. The van der Waals surface area contributed by atoms with Gasteiger partial charge in [0.05, 0.1) is 23.0 Å². The predicted octanol–water partition coefficient (Wildman–Crippen LogP) is 4.40. The lowest BCUT2D eigenvalue weighted by molar-refractivity contribution is -0.113. The lowest BCUT2D eigenvalue weighted by atomic mass is 10.1. The second-order valence-electron chi connectivity index (χ2n) is 6.42. The molecule has 0 spiro atoms. The summed E-state index contributed by atoms with van der Waals surface area (Å²) in [6.45, 7) is 1.50. The molecule has 0 bridgehead atoms. The van der Waals surface area contributed by atoms with Crippen molar-refractivity contribution in [2.45, 2.75) is 11.9 Å². The number of hydrogen-bond donors (Lipinski definition) is 1. The molecule has 1 amide bonds. The van der Waals surface area contributed by atoms with E-state index in [1.165, 1.54) is 25.0 Å². The molecule has 0 fully saturated rings. The van der Waals surface area contributed by atoms with E-state index in [1.807, 2.05) is 12.1 Å². The minimum absolute atomic E-state index is 0.0190. The van der Waals surface area contributed by atoms with Gasteiger partial charge in [-0.25, -0.2) is 14.6 Å². The van der Waals surface area contributed by atoms with Crippen LogP contribution in [0.4, 0.5) is 5.69 Å². The van der Waals surface area contributed by atoms with Crippen molar-refractivity contribution in [3.63, 3.8) is 0 Å². The fraction of sp³-hybridized carbons (Fsp3) is 0.0952. The topological polar surface area (TPSA) is 89.8 Å². The molecule has 7 nitrogen and oxygen atoms in total. The number of rotatable bonds is 6. The normalized spacial score (nSPS) is 10.9. The van der Waals surface area contributed by atoms with Crippen LogP contribution < -0.4 is 5.32 Å². The number of benzene rings is 2. The van der Waals surface area contributed by atoms with Gasteiger partial charge in [-0.05, 0) is 49.4 Å². The van der Waals surface area contributed by atoms with Crippen molar-refractivity contribution in [2.24, 2.45) is 0 Å². The maximum absolute atomic E-state index is 12.3. The summed E-state index contributed by atoms with van der Waals surface area (Å²) in [6, 6.07) is 14.1. The van der Waals surface area contributed by atoms with Gasteiger partial charge >= 0.3 is 0 Å². The fourth-order valence-electron chi connectivity index (χ4n) is 2.85. The minimum Gasteiger partial charge on any atom is -0.325 e. The number of thioether (sulfide) groups is 1. The van der Waals surface area contributed by atoms with Crippen LogP contribution in [-0.4, -0.2) is 37.2 Å². The highest BCUT2D eigenvalue weighted by Gasteiger charge is 2.13. The summed E-state index contributed by atoms with van der Waals surface area (Å²) < 4.78 is 1.68. The summed E-state index contributed by atoms with van der Waals surface area (Å²) >= 11 is 7.38. The standard InChI is InChI=1S/C21H16ClN5O2S/c1-13(28)14-5-7-16(8-6-14)26-19(29)11-30-21-18-10-25-27(20(18)23-12-24-21)17-4-2-3-15(22)9-17/h2-10,12H,11H2,1H3,(H,26,29). The first-order valence-electron chi connectivity index (χ1n) is 8.99. The van der Waals surface area contributed by atoms with Crippen LogP contribution in [0.1, 0.15) is 17.3 Å². The third-order valence-corrected chi connectivity index (χ3v) is 5.54. The van der Waals surface area contributed by atoms with Crippen LogP contribution in [0.5, 0.6) is 0 Å². The van der Waals surface area contributed by atoms with Gasteiger partial charge in [0, 0.05) is 16.3 Å². The van der Waals surface area contributed by atoms with Gasteiger partial charge in [0.1, 0.15) is 11.4 Å². The molecular formula is C21H16ClN5O2S. The third-order valence-electron chi connectivity index (χ3n) is 4.30. The molecule has 150 valence electrons. The Hall–Kier alpha value is -3.23. The number of halogens is 1. The molecule has 0 atom stereocenters. The molecule has 0 saturated heterocycles. The number of amides is 1. The first-order chi connectivity index (χ1) is 14.5. The zero-order chi connectivity index (χ0) is 21.1. The van der Waals surface area contributed by atoms with Crippen LogP contribution in [0.2, 0.25) is 5.02 Å². The Morgan fingerprint density at radius 2 is 1.93 bits per heavy atom. The smallest absolute Gasteiger partial charge is 0.234 e. The highest BCUT2D eigenvalue weighted by atomic mass is 35.5. The average Bonchev–Trinajstić information content (AvgIpc) is 3.17. The summed E-state index contributed by atoms with van der Waals surface area (Å²) in [5.74, 6) is -0.0257. The first kappa shape index (κ1) is 20.1. The highest BCUT2D eigenvalue weighted by Crippen LogP contribution is 2.26. The number of anilines is 1. The second kappa shape index (κ2) is 8.64. The van der Waals surface area contributed by atoms with Crippen LogP contribution in [0.15, 0.2) is 66.1 Å². The van der Waals surface area contributed by atoms with Crippen molar-refractivity contribution >= 4 is 51.8 Å². The van der Waals surface area contributed by atoms with E-state index in [0.29, 0.717) is 26.9 Å². The summed E-state index contributed by atoms with van der Waals surface area (Å²) in [5.41, 5.74) is 2.66. The molecule has 4 rings (SSSR count). The van der Waals surface area contributed by atoms with Crippen LogP contribution in [0.3, 0.4) is 0 Å². The molecule has 0 saturated carbocycles. The minimum atomic E-state index is -0.176. The lowest BCUT2D eigenvalue weighted by Gasteiger charge is -2.06.